The average molecular weight is 897 g/mol. The summed E-state index contributed by atoms with van der Waals surface area (Å²) in [6.45, 7) is 43.4. The van der Waals surface area contributed by atoms with Crippen molar-refractivity contribution in [1.29, 1.82) is 0 Å². The monoisotopic (exact) mass is 894 g/mol. The molecule has 0 aliphatic carbocycles. The predicted molar refractivity (Wildman–Crippen MR) is 251 cm³/mol. The van der Waals surface area contributed by atoms with E-state index in [0.29, 0.717) is 35.5 Å². The van der Waals surface area contributed by atoms with Crippen LogP contribution in [0.4, 0.5) is 0 Å². The van der Waals surface area contributed by atoms with Crippen LogP contribution in [0, 0.1) is 0 Å². The van der Waals surface area contributed by atoms with Gasteiger partial charge in [0.2, 0.25) is 0 Å². The van der Waals surface area contributed by atoms with E-state index in [1.807, 2.05) is 0 Å². The highest BCUT2D eigenvalue weighted by atomic mass is 79.9. The van der Waals surface area contributed by atoms with Crippen molar-refractivity contribution in [3.8, 4) is 0 Å². The zero-order valence-corrected chi connectivity index (χ0v) is 41.8. The fourth-order valence-electron chi connectivity index (χ4n) is 6.75. The van der Waals surface area contributed by atoms with Crippen molar-refractivity contribution in [2.45, 2.75) is 196 Å². The van der Waals surface area contributed by atoms with Gasteiger partial charge in [0.25, 0.3) is 0 Å². The molecule has 3 aromatic carbocycles. The number of benzene rings is 3. The van der Waals surface area contributed by atoms with E-state index >= 15 is 0 Å². The molecule has 8 heteroatoms. The summed E-state index contributed by atoms with van der Waals surface area (Å²) in [7, 11) is -0.755. The molecule has 2 heterocycles. The van der Waals surface area contributed by atoms with Gasteiger partial charge in [0.15, 0.2) is 0 Å². The van der Waals surface area contributed by atoms with Gasteiger partial charge in [-0.15, -0.1) is 0 Å². The second-order valence-corrected chi connectivity index (χ2v) is 21.5. The Bertz CT molecular complexity index is 1600. The third kappa shape index (κ3) is 11.4. The predicted octanol–water partition coefficient (Wildman–Crippen LogP) is 13.9. The molecule has 310 valence electrons. The minimum atomic E-state index is -0.378. The Kier molecular flexibility index (Phi) is 16.5. The highest BCUT2D eigenvalue weighted by Crippen LogP contribution is 2.39. The zero-order valence-electron chi connectivity index (χ0n) is 38.6. The molecule has 0 atom stereocenters. The first-order valence-electron chi connectivity index (χ1n) is 21.0. The Morgan fingerprint density at radius 2 is 0.607 bits per heavy atom. The van der Waals surface area contributed by atoms with Crippen LogP contribution in [0.25, 0.3) is 0 Å². The second-order valence-electron chi connectivity index (χ2n) is 19.8. The van der Waals surface area contributed by atoms with Gasteiger partial charge in [0.05, 0.1) is 22.4 Å². The fraction of sp³-hybridized carbons (Fsp3) is 0.625. The third-order valence-corrected chi connectivity index (χ3v) is 13.6. The van der Waals surface area contributed by atoms with Crippen LogP contribution in [-0.2, 0) is 18.6 Å². The lowest BCUT2D eigenvalue weighted by atomic mass is 9.66. The van der Waals surface area contributed by atoms with Gasteiger partial charge in [-0.3, -0.25) is 0 Å². The molecule has 0 amide bonds. The van der Waals surface area contributed by atoms with Gasteiger partial charge in [-0.2, -0.15) is 0 Å². The molecular weight excluding hydrogens is 822 g/mol. The van der Waals surface area contributed by atoms with E-state index in [2.05, 4.69) is 219 Å². The SMILES string of the molecule is CC(C)c1cc(B2OC(C)(C)C(C)(C)O2)c(C(C)C)cc1B1OC(C)(C)C(C)(C)O1.CC(C)c1cc(Br)c(C(C)C)cc1Br.CC(C)c1ccc(C(C)C)cc1. The standard InChI is InChI=1S/C24H40B2O4.C12H16Br2.C12H18/c1-15(2)17-13-20(26-29-23(9,10)24(11,12)30-26)18(16(3)4)14-19(17)25-27-21(5,6)22(7,8)28-25;1-7(2)9-5-12(14)10(8(3)4)6-11(9)13;1-9(2)11-5-7-12(8-6-11)10(3)4/h13-16H,1-12H3;5-8H,1-4H3;5-10H,1-4H3. The van der Waals surface area contributed by atoms with Crippen LogP contribution in [0.5, 0.6) is 0 Å². The lowest BCUT2D eigenvalue weighted by Gasteiger charge is -2.32. The topological polar surface area (TPSA) is 36.9 Å². The van der Waals surface area contributed by atoms with Crippen LogP contribution >= 0.6 is 31.9 Å². The second kappa shape index (κ2) is 18.9. The summed E-state index contributed by atoms with van der Waals surface area (Å²) in [6.07, 6.45) is 0. The van der Waals surface area contributed by atoms with Crippen molar-refractivity contribution in [3.63, 3.8) is 0 Å². The molecule has 2 fully saturated rings. The molecule has 0 radical (unpaired) electrons. The quantitative estimate of drug-likeness (QED) is 0.211. The van der Waals surface area contributed by atoms with Gasteiger partial charge >= 0.3 is 14.2 Å². The van der Waals surface area contributed by atoms with Crippen molar-refractivity contribution >= 4 is 57.0 Å². The maximum absolute atomic E-state index is 6.42. The highest BCUT2D eigenvalue weighted by molar-refractivity contribution is 9.11. The first-order chi connectivity index (χ1) is 25.5. The molecule has 2 saturated heterocycles. The number of halogens is 2. The summed E-state index contributed by atoms with van der Waals surface area (Å²) in [5, 5.41) is 0. The molecular formula is C48H74B2Br2O4. The summed E-state index contributed by atoms with van der Waals surface area (Å²) in [4.78, 5) is 0. The molecule has 0 spiro atoms. The van der Waals surface area contributed by atoms with E-state index in [4.69, 9.17) is 18.6 Å². The van der Waals surface area contributed by atoms with E-state index in [9.17, 15) is 0 Å². The van der Waals surface area contributed by atoms with Gasteiger partial charge in [0, 0.05) is 8.95 Å². The van der Waals surface area contributed by atoms with Gasteiger partial charge in [-0.05, 0) is 147 Å². The van der Waals surface area contributed by atoms with Crippen molar-refractivity contribution in [3.05, 3.63) is 90.9 Å². The summed E-state index contributed by atoms with van der Waals surface area (Å²) < 4.78 is 28.1. The van der Waals surface area contributed by atoms with Crippen LogP contribution in [0.1, 0.15) is 207 Å². The van der Waals surface area contributed by atoms with Crippen LogP contribution < -0.4 is 10.9 Å². The number of rotatable bonds is 8. The Morgan fingerprint density at radius 1 is 0.375 bits per heavy atom. The number of hydrogen-bond acceptors (Lipinski definition) is 4. The smallest absolute Gasteiger partial charge is 0.399 e. The first-order valence-corrected chi connectivity index (χ1v) is 22.6. The third-order valence-electron chi connectivity index (χ3n) is 12.2. The van der Waals surface area contributed by atoms with E-state index in [1.54, 1.807) is 0 Å². The van der Waals surface area contributed by atoms with E-state index in [-0.39, 0.29) is 36.6 Å². The van der Waals surface area contributed by atoms with Crippen LogP contribution in [0.3, 0.4) is 0 Å². The molecule has 56 heavy (non-hydrogen) atoms. The Hall–Kier alpha value is -1.41. The first kappa shape index (κ1) is 49.0. The van der Waals surface area contributed by atoms with Gasteiger partial charge in [-0.25, -0.2) is 0 Å². The van der Waals surface area contributed by atoms with Crippen molar-refractivity contribution in [2.24, 2.45) is 0 Å². The van der Waals surface area contributed by atoms with Gasteiger partial charge < -0.3 is 18.6 Å². The van der Waals surface area contributed by atoms with E-state index in [0.717, 1.165) is 10.9 Å². The van der Waals surface area contributed by atoms with E-state index in [1.165, 1.54) is 42.3 Å². The minimum Gasteiger partial charge on any atom is -0.399 e. The maximum Gasteiger partial charge on any atom is 0.495 e. The lowest BCUT2D eigenvalue weighted by Crippen LogP contribution is -2.43. The maximum atomic E-state index is 6.42. The summed E-state index contributed by atoms with van der Waals surface area (Å²) >= 11 is 7.26. The molecule has 0 saturated carbocycles. The van der Waals surface area contributed by atoms with E-state index < -0.39 is 0 Å². The summed E-state index contributed by atoms with van der Waals surface area (Å²) in [6, 6.07) is 17.9. The van der Waals surface area contributed by atoms with Crippen LogP contribution in [-0.4, -0.2) is 36.6 Å². The Balaban J connectivity index is 0.000000266. The molecule has 5 rings (SSSR count). The molecule has 4 nitrogen and oxygen atoms in total. The highest BCUT2D eigenvalue weighted by Gasteiger charge is 2.54. The average Bonchev–Trinajstić information content (AvgIpc) is 3.44. The largest absolute Gasteiger partial charge is 0.495 e. The van der Waals surface area contributed by atoms with Gasteiger partial charge in [-0.1, -0.05) is 151 Å². The zero-order chi connectivity index (χ0) is 42.9. The fourth-order valence-corrected chi connectivity index (χ4v) is 8.38. The Morgan fingerprint density at radius 3 is 0.804 bits per heavy atom. The summed E-state index contributed by atoms with van der Waals surface area (Å²) in [5.74, 6) is 3.05. The molecule has 2 aliphatic rings. The molecule has 0 unspecified atom stereocenters. The molecule has 0 N–H and O–H groups in total. The lowest BCUT2D eigenvalue weighted by molar-refractivity contribution is 0.00578. The molecule has 3 aromatic rings. The molecule has 0 aromatic heterocycles. The molecule has 2 aliphatic heterocycles. The minimum absolute atomic E-state index is 0.321. The number of hydrogen-bond donors (Lipinski definition) is 0. The van der Waals surface area contributed by atoms with Crippen LogP contribution in [0.2, 0.25) is 0 Å². The van der Waals surface area contributed by atoms with Gasteiger partial charge in [0.1, 0.15) is 0 Å². The Labute approximate surface area is 360 Å². The summed E-state index contributed by atoms with van der Waals surface area (Å²) in [5.41, 5.74) is 8.80. The van der Waals surface area contributed by atoms with Crippen molar-refractivity contribution in [2.75, 3.05) is 0 Å². The molecule has 0 bridgehead atoms. The van der Waals surface area contributed by atoms with Crippen molar-refractivity contribution in [1.82, 2.24) is 0 Å². The normalized spacial score (nSPS) is 18.3. The van der Waals surface area contributed by atoms with Crippen LogP contribution in [0.15, 0.2) is 57.5 Å². The van der Waals surface area contributed by atoms with Crippen molar-refractivity contribution < 1.29 is 18.6 Å².